The Kier molecular flexibility index (Phi) is 6.13. The summed E-state index contributed by atoms with van der Waals surface area (Å²) in [7, 11) is 0. The fourth-order valence-electron chi connectivity index (χ4n) is 2.47. The number of hydrogen-bond donors (Lipinski definition) is 0. The Hall–Kier alpha value is -3.40. The predicted molar refractivity (Wildman–Crippen MR) is 104 cm³/mol. The SMILES string of the molecule is Cc1ccc(C(=O)CCC(=O)O[C@@H](C)c2nnc(-c3ccc([N+](=O)[O-])cc3)o2)s1. The first-order valence-electron chi connectivity index (χ1n) is 8.71. The van der Waals surface area contributed by atoms with E-state index in [9.17, 15) is 19.7 Å². The summed E-state index contributed by atoms with van der Waals surface area (Å²) >= 11 is 1.39. The van der Waals surface area contributed by atoms with Crippen molar-refractivity contribution in [2.24, 2.45) is 0 Å². The number of aromatic nitrogens is 2. The number of hydrogen-bond acceptors (Lipinski definition) is 9. The molecule has 1 atom stereocenters. The van der Waals surface area contributed by atoms with Crippen LogP contribution in [0.3, 0.4) is 0 Å². The van der Waals surface area contributed by atoms with E-state index >= 15 is 0 Å². The third-order valence-corrected chi connectivity index (χ3v) is 5.03. The number of carbonyl (C=O) groups is 2. The molecule has 29 heavy (non-hydrogen) atoms. The number of ketones is 1. The maximum atomic E-state index is 12.1. The number of nitrogens with zero attached hydrogens (tertiary/aromatic N) is 3. The van der Waals surface area contributed by atoms with E-state index in [2.05, 4.69) is 10.2 Å². The van der Waals surface area contributed by atoms with Crippen LogP contribution in [0, 0.1) is 17.0 Å². The van der Waals surface area contributed by atoms with Gasteiger partial charge in [-0.25, -0.2) is 0 Å². The molecule has 0 fully saturated rings. The zero-order valence-corrected chi connectivity index (χ0v) is 16.5. The van der Waals surface area contributed by atoms with E-state index in [1.807, 2.05) is 13.0 Å². The summed E-state index contributed by atoms with van der Waals surface area (Å²) in [5.41, 5.74) is 0.452. The van der Waals surface area contributed by atoms with Gasteiger partial charge < -0.3 is 9.15 Å². The Labute approximate surface area is 169 Å². The second kappa shape index (κ2) is 8.74. The highest BCUT2D eigenvalue weighted by molar-refractivity contribution is 7.14. The van der Waals surface area contributed by atoms with Crippen LogP contribution in [-0.4, -0.2) is 26.9 Å². The highest BCUT2D eigenvalue weighted by atomic mass is 32.1. The molecule has 10 heteroatoms. The van der Waals surface area contributed by atoms with Gasteiger partial charge >= 0.3 is 5.97 Å². The number of non-ortho nitro benzene ring substituents is 1. The minimum absolute atomic E-state index is 0.0521. The molecule has 2 aromatic heterocycles. The Morgan fingerprint density at radius 3 is 2.52 bits per heavy atom. The van der Waals surface area contributed by atoms with Gasteiger partial charge in [-0.2, -0.15) is 0 Å². The molecule has 0 saturated heterocycles. The lowest BCUT2D eigenvalue weighted by Crippen LogP contribution is -2.11. The third-order valence-electron chi connectivity index (χ3n) is 3.99. The number of nitro benzene ring substituents is 1. The number of benzene rings is 1. The van der Waals surface area contributed by atoms with E-state index in [0.717, 1.165) is 4.88 Å². The molecule has 0 bridgehead atoms. The van der Waals surface area contributed by atoms with Gasteiger partial charge in [0.2, 0.25) is 5.89 Å². The van der Waals surface area contributed by atoms with Crippen LogP contribution in [-0.2, 0) is 9.53 Å². The normalized spacial score (nSPS) is 11.8. The summed E-state index contributed by atoms with van der Waals surface area (Å²) in [6.07, 6.45) is -0.784. The van der Waals surface area contributed by atoms with Gasteiger partial charge in [0.05, 0.1) is 16.2 Å². The minimum atomic E-state index is -0.791. The monoisotopic (exact) mass is 415 g/mol. The maximum absolute atomic E-state index is 12.1. The van der Waals surface area contributed by atoms with Crippen molar-refractivity contribution >= 4 is 28.8 Å². The molecule has 0 radical (unpaired) electrons. The highest BCUT2D eigenvalue weighted by Gasteiger charge is 2.20. The molecule has 9 nitrogen and oxygen atoms in total. The average molecular weight is 415 g/mol. The summed E-state index contributed by atoms with van der Waals surface area (Å²) in [6, 6.07) is 9.24. The van der Waals surface area contributed by atoms with E-state index in [1.54, 1.807) is 13.0 Å². The second-order valence-electron chi connectivity index (χ2n) is 6.21. The van der Waals surface area contributed by atoms with Gasteiger partial charge in [-0.3, -0.25) is 19.7 Å². The van der Waals surface area contributed by atoms with Crippen LogP contribution in [0.1, 0.15) is 46.3 Å². The first kappa shape index (κ1) is 20.3. The predicted octanol–water partition coefficient (Wildman–Crippen LogP) is 4.28. The number of aryl methyl sites for hydroxylation is 1. The van der Waals surface area contributed by atoms with Crippen molar-refractivity contribution in [3.05, 3.63) is 62.2 Å². The third kappa shape index (κ3) is 5.11. The van der Waals surface area contributed by atoms with Gasteiger partial charge in [0, 0.05) is 29.0 Å². The molecule has 0 N–H and O–H groups in total. The first-order valence-corrected chi connectivity index (χ1v) is 9.52. The van der Waals surface area contributed by atoms with E-state index in [0.29, 0.717) is 10.4 Å². The van der Waals surface area contributed by atoms with Gasteiger partial charge in [0.15, 0.2) is 11.9 Å². The molecule has 0 amide bonds. The van der Waals surface area contributed by atoms with Gasteiger partial charge in [0.1, 0.15) is 0 Å². The molecule has 3 aromatic rings. The van der Waals surface area contributed by atoms with Crippen LogP contribution >= 0.6 is 11.3 Å². The van der Waals surface area contributed by atoms with Crippen molar-refractivity contribution < 1.29 is 23.7 Å². The molecule has 150 valence electrons. The number of rotatable bonds is 8. The molecule has 0 aliphatic rings. The van der Waals surface area contributed by atoms with E-state index in [1.165, 1.54) is 35.6 Å². The highest BCUT2D eigenvalue weighted by Crippen LogP contribution is 2.25. The van der Waals surface area contributed by atoms with Crippen LogP contribution in [0.5, 0.6) is 0 Å². The molecule has 3 rings (SSSR count). The van der Waals surface area contributed by atoms with Crippen LogP contribution in [0.15, 0.2) is 40.8 Å². The lowest BCUT2D eigenvalue weighted by atomic mass is 10.2. The van der Waals surface area contributed by atoms with E-state index in [4.69, 9.17) is 9.15 Å². The van der Waals surface area contributed by atoms with Crippen LogP contribution in [0.25, 0.3) is 11.5 Å². The molecular weight excluding hydrogens is 398 g/mol. The Balaban J connectivity index is 1.55. The largest absolute Gasteiger partial charge is 0.453 e. The lowest BCUT2D eigenvalue weighted by molar-refractivity contribution is -0.384. The van der Waals surface area contributed by atoms with Crippen LogP contribution < -0.4 is 0 Å². The summed E-state index contributed by atoms with van der Waals surface area (Å²) in [6.45, 7) is 3.49. The number of nitro groups is 1. The minimum Gasteiger partial charge on any atom is -0.453 e. The Bertz CT molecular complexity index is 1040. The van der Waals surface area contributed by atoms with E-state index in [-0.39, 0.29) is 36.1 Å². The summed E-state index contributed by atoms with van der Waals surface area (Å²) < 4.78 is 10.8. The number of Topliss-reactive ketones (excluding diaryl/α,β-unsaturated/α-hetero) is 1. The van der Waals surface area contributed by atoms with Crippen LogP contribution in [0.4, 0.5) is 5.69 Å². The van der Waals surface area contributed by atoms with Crippen LogP contribution in [0.2, 0.25) is 0 Å². The molecule has 2 heterocycles. The fourth-order valence-corrected chi connectivity index (χ4v) is 3.31. The van der Waals surface area contributed by atoms with E-state index < -0.39 is 17.0 Å². The topological polar surface area (TPSA) is 125 Å². The van der Waals surface area contributed by atoms with Gasteiger partial charge in [-0.15, -0.1) is 21.5 Å². The fraction of sp³-hybridized carbons (Fsp3) is 0.263. The molecule has 0 unspecified atom stereocenters. The lowest BCUT2D eigenvalue weighted by Gasteiger charge is -2.08. The van der Waals surface area contributed by atoms with Gasteiger partial charge in [0.25, 0.3) is 11.6 Å². The van der Waals surface area contributed by atoms with Crippen molar-refractivity contribution in [3.8, 4) is 11.5 Å². The second-order valence-corrected chi connectivity index (χ2v) is 7.50. The zero-order valence-electron chi connectivity index (χ0n) is 15.7. The standard InChI is InChI=1S/C19H17N3O6S/c1-11-3-9-16(29-11)15(23)8-10-17(24)27-12(2)18-20-21-19(28-18)13-4-6-14(7-5-13)22(25)26/h3-7,9,12H,8,10H2,1-2H3/t12-/m0/s1. The smallest absolute Gasteiger partial charge is 0.307 e. The Morgan fingerprint density at radius 2 is 1.90 bits per heavy atom. The molecule has 0 spiro atoms. The zero-order chi connectivity index (χ0) is 21.0. The average Bonchev–Trinajstić information content (AvgIpc) is 3.35. The Morgan fingerprint density at radius 1 is 1.17 bits per heavy atom. The molecule has 1 aromatic carbocycles. The molecule has 0 aliphatic carbocycles. The molecule has 0 saturated carbocycles. The number of esters is 1. The molecule has 0 aliphatic heterocycles. The summed E-state index contributed by atoms with van der Waals surface area (Å²) in [5, 5.41) is 18.4. The van der Waals surface area contributed by atoms with Crippen molar-refractivity contribution in [3.63, 3.8) is 0 Å². The number of carbonyl (C=O) groups excluding carboxylic acids is 2. The summed E-state index contributed by atoms with van der Waals surface area (Å²) in [4.78, 5) is 35.9. The summed E-state index contributed by atoms with van der Waals surface area (Å²) in [5.74, 6) is -0.409. The van der Waals surface area contributed by atoms with Gasteiger partial charge in [-0.1, -0.05) is 0 Å². The number of ether oxygens (including phenoxy) is 1. The van der Waals surface area contributed by atoms with Crippen molar-refractivity contribution in [2.75, 3.05) is 0 Å². The van der Waals surface area contributed by atoms with Crippen molar-refractivity contribution in [1.82, 2.24) is 10.2 Å². The maximum Gasteiger partial charge on any atom is 0.307 e. The molecular formula is C19H17N3O6S. The van der Waals surface area contributed by atoms with Crippen molar-refractivity contribution in [2.45, 2.75) is 32.8 Å². The first-order chi connectivity index (χ1) is 13.8. The number of thiophene rings is 1. The van der Waals surface area contributed by atoms with Crippen molar-refractivity contribution in [1.29, 1.82) is 0 Å². The van der Waals surface area contributed by atoms with Gasteiger partial charge in [-0.05, 0) is 38.1 Å². The quantitative estimate of drug-likeness (QED) is 0.231.